The van der Waals surface area contributed by atoms with Gasteiger partial charge in [-0.05, 0) is 6.07 Å². The van der Waals surface area contributed by atoms with Crippen molar-refractivity contribution in [1.82, 2.24) is 20.3 Å². The molecule has 0 aliphatic carbocycles. The minimum Gasteiger partial charge on any atom is -0.496 e. The Kier molecular flexibility index (Phi) is 4.10. The number of aromatic nitrogens is 3. The van der Waals surface area contributed by atoms with E-state index in [0.717, 1.165) is 30.9 Å². The minimum atomic E-state index is 0.790. The van der Waals surface area contributed by atoms with Gasteiger partial charge in [-0.3, -0.25) is 4.68 Å². The van der Waals surface area contributed by atoms with Crippen LogP contribution in [0, 0.1) is 0 Å². The van der Waals surface area contributed by atoms with Crippen molar-refractivity contribution in [2.75, 3.05) is 13.7 Å². The van der Waals surface area contributed by atoms with Crippen LogP contribution in [0.25, 0.3) is 0 Å². The standard InChI is InChI=1S/C12H16N4O/c1-17-12-5-3-2-4-11(12)10-13-6-8-16-9-7-14-15-16/h2-5,7,9,13H,6,8,10H2,1H3. The summed E-state index contributed by atoms with van der Waals surface area (Å²) >= 11 is 0. The van der Waals surface area contributed by atoms with E-state index in [9.17, 15) is 0 Å². The van der Waals surface area contributed by atoms with E-state index in [0.29, 0.717) is 0 Å². The predicted octanol–water partition coefficient (Wildman–Crippen LogP) is 1.08. The zero-order chi connectivity index (χ0) is 11.9. The molecule has 2 rings (SSSR count). The van der Waals surface area contributed by atoms with Gasteiger partial charge < -0.3 is 10.1 Å². The molecule has 1 heterocycles. The third-order valence-corrected chi connectivity index (χ3v) is 2.50. The van der Waals surface area contributed by atoms with Crippen LogP contribution >= 0.6 is 0 Å². The fourth-order valence-electron chi connectivity index (χ4n) is 1.62. The summed E-state index contributed by atoms with van der Waals surface area (Å²) in [4.78, 5) is 0. The van der Waals surface area contributed by atoms with E-state index < -0.39 is 0 Å². The fourth-order valence-corrected chi connectivity index (χ4v) is 1.62. The minimum absolute atomic E-state index is 0.790. The molecule has 0 bridgehead atoms. The molecule has 0 atom stereocenters. The summed E-state index contributed by atoms with van der Waals surface area (Å²) in [7, 11) is 1.69. The van der Waals surface area contributed by atoms with Gasteiger partial charge >= 0.3 is 0 Å². The number of methoxy groups -OCH3 is 1. The average molecular weight is 232 g/mol. The van der Waals surface area contributed by atoms with Crippen molar-refractivity contribution in [1.29, 1.82) is 0 Å². The maximum Gasteiger partial charge on any atom is 0.123 e. The van der Waals surface area contributed by atoms with Gasteiger partial charge in [0.2, 0.25) is 0 Å². The fraction of sp³-hybridized carbons (Fsp3) is 0.333. The molecule has 17 heavy (non-hydrogen) atoms. The second-order valence-electron chi connectivity index (χ2n) is 3.65. The van der Waals surface area contributed by atoms with Crippen molar-refractivity contribution in [2.45, 2.75) is 13.1 Å². The highest BCUT2D eigenvalue weighted by atomic mass is 16.5. The van der Waals surface area contributed by atoms with Gasteiger partial charge in [0.05, 0.1) is 19.9 Å². The lowest BCUT2D eigenvalue weighted by atomic mass is 10.2. The number of para-hydroxylation sites is 1. The molecule has 0 fully saturated rings. The van der Waals surface area contributed by atoms with E-state index in [1.807, 2.05) is 24.4 Å². The second-order valence-corrected chi connectivity index (χ2v) is 3.65. The highest BCUT2D eigenvalue weighted by molar-refractivity contribution is 5.32. The van der Waals surface area contributed by atoms with Gasteiger partial charge in [0.1, 0.15) is 5.75 Å². The Hall–Kier alpha value is -1.88. The third kappa shape index (κ3) is 3.29. The van der Waals surface area contributed by atoms with Crippen LogP contribution in [0.15, 0.2) is 36.7 Å². The molecule has 1 aromatic carbocycles. The van der Waals surface area contributed by atoms with Crippen LogP contribution in [0.5, 0.6) is 5.75 Å². The van der Waals surface area contributed by atoms with Crippen LogP contribution in [0.1, 0.15) is 5.56 Å². The summed E-state index contributed by atoms with van der Waals surface area (Å²) in [5.74, 6) is 0.917. The SMILES string of the molecule is COc1ccccc1CNCCn1ccnn1. The summed E-state index contributed by atoms with van der Waals surface area (Å²) < 4.78 is 7.08. The number of rotatable bonds is 6. The molecule has 1 N–H and O–H groups in total. The van der Waals surface area contributed by atoms with Crippen molar-refractivity contribution in [3.8, 4) is 5.75 Å². The van der Waals surface area contributed by atoms with Crippen LogP contribution in [-0.2, 0) is 13.1 Å². The third-order valence-electron chi connectivity index (χ3n) is 2.50. The van der Waals surface area contributed by atoms with E-state index in [1.165, 1.54) is 0 Å². The van der Waals surface area contributed by atoms with Crippen molar-refractivity contribution < 1.29 is 4.74 Å². The topological polar surface area (TPSA) is 52.0 Å². The lowest BCUT2D eigenvalue weighted by molar-refractivity contribution is 0.407. The lowest BCUT2D eigenvalue weighted by Crippen LogP contribution is -2.20. The van der Waals surface area contributed by atoms with Crippen molar-refractivity contribution in [3.63, 3.8) is 0 Å². The zero-order valence-electron chi connectivity index (χ0n) is 9.84. The number of ether oxygens (including phenoxy) is 1. The van der Waals surface area contributed by atoms with Crippen LogP contribution in [0.3, 0.4) is 0 Å². The largest absolute Gasteiger partial charge is 0.496 e. The van der Waals surface area contributed by atoms with E-state index in [1.54, 1.807) is 18.0 Å². The Balaban J connectivity index is 1.78. The number of benzene rings is 1. The van der Waals surface area contributed by atoms with E-state index in [2.05, 4.69) is 21.7 Å². The molecule has 0 saturated heterocycles. The van der Waals surface area contributed by atoms with Crippen LogP contribution in [-0.4, -0.2) is 28.6 Å². The summed E-state index contributed by atoms with van der Waals surface area (Å²) in [6.07, 6.45) is 3.53. The zero-order valence-corrected chi connectivity index (χ0v) is 9.84. The summed E-state index contributed by atoms with van der Waals surface area (Å²) in [5.41, 5.74) is 1.16. The Morgan fingerprint density at radius 3 is 3.00 bits per heavy atom. The maximum absolute atomic E-state index is 5.28. The molecule has 0 aliphatic heterocycles. The smallest absolute Gasteiger partial charge is 0.123 e. The molecular weight excluding hydrogens is 216 g/mol. The molecule has 1 aromatic heterocycles. The van der Waals surface area contributed by atoms with Gasteiger partial charge in [0.15, 0.2) is 0 Å². The molecule has 0 amide bonds. The molecule has 0 unspecified atom stereocenters. The van der Waals surface area contributed by atoms with E-state index in [4.69, 9.17) is 4.74 Å². The van der Waals surface area contributed by atoms with Gasteiger partial charge in [-0.1, -0.05) is 23.4 Å². The van der Waals surface area contributed by atoms with Gasteiger partial charge in [-0.2, -0.15) is 0 Å². The molecule has 0 aliphatic rings. The summed E-state index contributed by atoms with van der Waals surface area (Å²) in [6.45, 7) is 2.45. The average Bonchev–Trinajstić information content (AvgIpc) is 2.88. The number of nitrogens with one attached hydrogen (secondary N) is 1. The molecule has 5 heteroatoms. The Morgan fingerprint density at radius 2 is 2.24 bits per heavy atom. The Morgan fingerprint density at radius 1 is 1.35 bits per heavy atom. The molecule has 0 spiro atoms. The molecule has 90 valence electrons. The van der Waals surface area contributed by atoms with Crippen LogP contribution in [0.4, 0.5) is 0 Å². The maximum atomic E-state index is 5.28. The first-order chi connectivity index (χ1) is 8.40. The van der Waals surface area contributed by atoms with Crippen LogP contribution < -0.4 is 10.1 Å². The highest BCUT2D eigenvalue weighted by Crippen LogP contribution is 2.16. The van der Waals surface area contributed by atoms with Crippen molar-refractivity contribution in [2.24, 2.45) is 0 Å². The highest BCUT2D eigenvalue weighted by Gasteiger charge is 2.00. The number of hydrogen-bond donors (Lipinski definition) is 1. The van der Waals surface area contributed by atoms with Gasteiger partial charge in [-0.25, -0.2) is 0 Å². The predicted molar refractivity (Wildman–Crippen MR) is 64.7 cm³/mol. The summed E-state index contributed by atoms with van der Waals surface area (Å²) in [6, 6.07) is 8.00. The lowest BCUT2D eigenvalue weighted by Gasteiger charge is -2.09. The second kappa shape index (κ2) is 6.00. The van der Waals surface area contributed by atoms with Gasteiger partial charge in [0.25, 0.3) is 0 Å². The van der Waals surface area contributed by atoms with E-state index in [-0.39, 0.29) is 0 Å². The monoisotopic (exact) mass is 232 g/mol. The first-order valence-electron chi connectivity index (χ1n) is 5.57. The number of nitrogens with zero attached hydrogens (tertiary/aromatic N) is 3. The quantitative estimate of drug-likeness (QED) is 0.757. The molecule has 5 nitrogen and oxygen atoms in total. The van der Waals surface area contributed by atoms with Crippen molar-refractivity contribution >= 4 is 0 Å². The summed E-state index contributed by atoms with van der Waals surface area (Å²) in [5, 5.41) is 11.0. The van der Waals surface area contributed by atoms with Crippen LogP contribution in [0.2, 0.25) is 0 Å². The normalized spacial score (nSPS) is 10.4. The van der Waals surface area contributed by atoms with Crippen molar-refractivity contribution in [3.05, 3.63) is 42.2 Å². The van der Waals surface area contributed by atoms with E-state index >= 15 is 0 Å². The molecule has 0 radical (unpaired) electrons. The first kappa shape index (κ1) is 11.6. The molecule has 0 saturated carbocycles. The molecular formula is C12H16N4O. The van der Waals surface area contributed by atoms with Gasteiger partial charge in [-0.15, -0.1) is 5.10 Å². The number of hydrogen-bond acceptors (Lipinski definition) is 4. The van der Waals surface area contributed by atoms with Gasteiger partial charge in [0, 0.05) is 24.8 Å². The first-order valence-corrected chi connectivity index (χ1v) is 5.57. The molecule has 2 aromatic rings. The Labute approximate surface area is 100 Å². The Bertz CT molecular complexity index is 442.